The Balaban J connectivity index is 1.98. The third-order valence-corrected chi connectivity index (χ3v) is 4.09. The van der Waals surface area contributed by atoms with E-state index < -0.39 is 5.56 Å². The fraction of sp³-hybridized carbons (Fsp3) is 0.211. The molecule has 0 aliphatic carbocycles. The zero-order valence-electron chi connectivity index (χ0n) is 15.4. The first kappa shape index (κ1) is 19.3. The summed E-state index contributed by atoms with van der Waals surface area (Å²) in [6.45, 7) is 3.57. The van der Waals surface area contributed by atoms with Crippen molar-refractivity contribution in [2.75, 3.05) is 7.11 Å². The Morgan fingerprint density at radius 1 is 1.25 bits per heavy atom. The molecule has 0 bridgehead atoms. The van der Waals surface area contributed by atoms with E-state index in [-0.39, 0.29) is 18.0 Å². The van der Waals surface area contributed by atoms with Gasteiger partial charge in [-0.25, -0.2) is 9.97 Å². The highest BCUT2D eigenvalue weighted by Gasteiger charge is 2.15. The highest BCUT2D eigenvalue weighted by atomic mass is 35.5. The zero-order valence-corrected chi connectivity index (χ0v) is 16.2. The van der Waals surface area contributed by atoms with E-state index in [0.717, 1.165) is 0 Å². The number of hydrogen-bond donors (Lipinski definition) is 0. The molecule has 9 heteroatoms. The van der Waals surface area contributed by atoms with E-state index in [4.69, 9.17) is 26.3 Å². The van der Waals surface area contributed by atoms with Crippen molar-refractivity contribution in [3.05, 3.63) is 68.7 Å². The number of hydrogen-bond acceptors (Lipinski definition) is 7. The lowest BCUT2D eigenvalue weighted by atomic mass is 10.2. The minimum absolute atomic E-state index is 0.0423. The summed E-state index contributed by atoms with van der Waals surface area (Å²) >= 11 is 6.00. The molecule has 0 aliphatic rings. The molecule has 3 aromatic rings. The van der Waals surface area contributed by atoms with Gasteiger partial charge in [0, 0.05) is 11.2 Å². The van der Waals surface area contributed by atoms with Crippen molar-refractivity contribution in [2.24, 2.45) is 0 Å². The number of nitrogens with zero attached hydrogens (tertiary/aromatic N) is 5. The average Bonchev–Trinajstić information content (AvgIpc) is 2.68. The summed E-state index contributed by atoms with van der Waals surface area (Å²) in [5.41, 5.74) is 0.965. The maximum Gasteiger partial charge on any atom is 0.296 e. The Kier molecular flexibility index (Phi) is 5.57. The lowest BCUT2D eigenvalue weighted by molar-refractivity contribution is 0.387. The first-order chi connectivity index (χ1) is 13.4. The van der Waals surface area contributed by atoms with Gasteiger partial charge in [-0.15, -0.1) is 0 Å². The summed E-state index contributed by atoms with van der Waals surface area (Å²) in [5, 5.41) is 9.40. The zero-order chi connectivity index (χ0) is 20.3. The minimum Gasteiger partial charge on any atom is -0.481 e. The van der Waals surface area contributed by atoms with Crippen LogP contribution in [0.25, 0.3) is 0 Å². The highest BCUT2D eigenvalue weighted by molar-refractivity contribution is 6.30. The number of methoxy groups -OCH3 is 1. The number of rotatable bonds is 5. The molecule has 1 aromatic carbocycles. The average molecular weight is 398 g/mol. The van der Waals surface area contributed by atoms with Crippen LogP contribution in [0.5, 0.6) is 17.4 Å². The largest absolute Gasteiger partial charge is 0.481 e. The molecule has 3 rings (SSSR count). The topological polar surface area (TPSA) is 103 Å². The summed E-state index contributed by atoms with van der Waals surface area (Å²) in [6, 6.07) is 6.52. The lowest BCUT2D eigenvalue weighted by Gasteiger charge is -2.13. The molecule has 0 fully saturated rings. The first-order valence-electron chi connectivity index (χ1n) is 8.22. The van der Waals surface area contributed by atoms with Gasteiger partial charge in [-0.1, -0.05) is 11.6 Å². The van der Waals surface area contributed by atoms with Gasteiger partial charge >= 0.3 is 0 Å². The van der Waals surface area contributed by atoms with Gasteiger partial charge in [-0.05, 0) is 32.0 Å². The first-order valence-corrected chi connectivity index (χ1v) is 8.60. The Morgan fingerprint density at radius 2 is 2.04 bits per heavy atom. The fourth-order valence-electron chi connectivity index (χ4n) is 2.53. The molecule has 8 nitrogen and oxygen atoms in total. The smallest absolute Gasteiger partial charge is 0.296 e. The quantitative estimate of drug-likeness (QED) is 0.651. The van der Waals surface area contributed by atoms with Crippen molar-refractivity contribution >= 4 is 11.6 Å². The maximum absolute atomic E-state index is 12.9. The van der Waals surface area contributed by atoms with Crippen LogP contribution in [-0.2, 0) is 6.54 Å². The van der Waals surface area contributed by atoms with E-state index in [1.165, 1.54) is 36.2 Å². The van der Waals surface area contributed by atoms with Crippen LogP contribution in [-0.4, -0.2) is 26.6 Å². The second kappa shape index (κ2) is 8.06. The van der Waals surface area contributed by atoms with E-state index in [9.17, 15) is 4.79 Å². The van der Waals surface area contributed by atoms with Crippen LogP contribution in [0.1, 0.15) is 22.6 Å². The van der Waals surface area contributed by atoms with Gasteiger partial charge in [0.1, 0.15) is 11.6 Å². The number of halogens is 1. The molecule has 0 radical (unpaired) electrons. The summed E-state index contributed by atoms with van der Waals surface area (Å²) in [6.07, 6.45) is 3.02. The fourth-order valence-corrected chi connectivity index (χ4v) is 2.75. The number of ether oxygens (including phenoxy) is 2. The number of nitriles is 1. The molecular weight excluding hydrogens is 382 g/mol. The molecule has 2 aromatic heterocycles. The van der Waals surface area contributed by atoms with E-state index in [1.807, 2.05) is 6.07 Å². The van der Waals surface area contributed by atoms with E-state index in [2.05, 4.69) is 15.0 Å². The number of aryl methyl sites for hydroxylation is 2. The molecule has 0 aliphatic heterocycles. The second-order valence-electron chi connectivity index (χ2n) is 5.93. The van der Waals surface area contributed by atoms with Crippen LogP contribution in [0.4, 0.5) is 0 Å². The van der Waals surface area contributed by atoms with Gasteiger partial charge < -0.3 is 9.47 Å². The molecule has 0 spiro atoms. The molecule has 0 unspecified atom stereocenters. The number of benzene rings is 1. The molecule has 0 amide bonds. The van der Waals surface area contributed by atoms with Crippen molar-refractivity contribution in [3.8, 4) is 23.4 Å². The molecule has 2 heterocycles. The Labute approximate surface area is 166 Å². The third kappa shape index (κ3) is 4.10. The van der Waals surface area contributed by atoms with Gasteiger partial charge in [-0.2, -0.15) is 10.2 Å². The van der Waals surface area contributed by atoms with Gasteiger partial charge in [0.05, 0.1) is 42.9 Å². The highest BCUT2D eigenvalue weighted by Crippen LogP contribution is 2.25. The molecule has 28 heavy (non-hydrogen) atoms. The Hall–Kier alpha value is -3.44. The van der Waals surface area contributed by atoms with Crippen molar-refractivity contribution in [1.29, 1.82) is 5.26 Å². The van der Waals surface area contributed by atoms with Crippen molar-refractivity contribution in [3.63, 3.8) is 0 Å². The molecule has 0 atom stereocenters. The predicted molar refractivity (Wildman–Crippen MR) is 102 cm³/mol. The molecule has 0 saturated heterocycles. The van der Waals surface area contributed by atoms with E-state index in [1.54, 1.807) is 20.0 Å². The van der Waals surface area contributed by atoms with Crippen LogP contribution in [0.2, 0.25) is 5.02 Å². The standard InChI is InChI=1S/C19H16ClN5O3/c1-11-17(28-16-5-13(7-21)4-15(20)6-16)19(26)25(10-23-11)9-14-8-22-12(2)24-18(14)27-3/h4-6,8,10H,9H2,1-3H3. The Morgan fingerprint density at radius 3 is 2.75 bits per heavy atom. The molecule has 0 N–H and O–H groups in total. The molecule has 142 valence electrons. The van der Waals surface area contributed by atoms with Crippen molar-refractivity contribution in [2.45, 2.75) is 20.4 Å². The minimum atomic E-state index is -0.395. The van der Waals surface area contributed by atoms with Crippen molar-refractivity contribution in [1.82, 2.24) is 19.5 Å². The third-order valence-electron chi connectivity index (χ3n) is 3.87. The van der Waals surface area contributed by atoms with Gasteiger partial charge in [-0.3, -0.25) is 9.36 Å². The maximum atomic E-state index is 12.9. The normalized spacial score (nSPS) is 10.4. The van der Waals surface area contributed by atoms with E-state index in [0.29, 0.717) is 33.5 Å². The SMILES string of the molecule is COc1nc(C)ncc1Cn1cnc(C)c(Oc2cc(Cl)cc(C#N)c2)c1=O. The Bertz CT molecular complexity index is 1140. The molecular formula is C19H16ClN5O3. The van der Waals surface area contributed by atoms with Crippen LogP contribution in [0.15, 0.2) is 35.5 Å². The monoisotopic (exact) mass is 397 g/mol. The lowest BCUT2D eigenvalue weighted by Crippen LogP contribution is -2.23. The summed E-state index contributed by atoms with van der Waals surface area (Å²) < 4.78 is 12.4. The van der Waals surface area contributed by atoms with Crippen LogP contribution in [0.3, 0.4) is 0 Å². The second-order valence-corrected chi connectivity index (χ2v) is 6.37. The van der Waals surface area contributed by atoms with E-state index >= 15 is 0 Å². The summed E-state index contributed by atoms with van der Waals surface area (Å²) in [5.74, 6) is 1.27. The molecule has 0 saturated carbocycles. The van der Waals surface area contributed by atoms with Crippen molar-refractivity contribution < 1.29 is 9.47 Å². The van der Waals surface area contributed by atoms with Gasteiger partial charge in [0.2, 0.25) is 11.6 Å². The van der Waals surface area contributed by atoms with Crippen LogP contribution in [0, 0.1) is 25.2 Å². The van der Waals surface area contributed by atoms with Crippen LogP contribution >= 0.6 is 11.6 Å². The number of aromatic nitrogens is 4. The summed E-state index contributed by atoms with van der Waals surface area (Å²) in [7, 11) is 1.50. The summed E-state index contributed by atoms with van der Waals surface area (Å²) in [4.78, 5) is 25.5. The van der Waals surface area contributed by atoms with Gasteiger partial charge in [0.25, 0.3) is 5.56 Å². The van der Waals surface area contributed by atoms with Crippen LogP contribution < -0.4 is 15.0 Å². The van der Waals surface area contributed by atoms with Gasteiger partial charge in [0.15, 0.2) is 0 Å². The predicted octanol–water partition coefficient (Wildman–Crippen LogP) is 3.02.